The average Bonchev–Trinajstić information content (AvgIpc) is 2.59. The highest BCUT2D eigenvalue weighted by molar-refractivity contribution is 9.13. The van der Waals surface area contributed by atoms with E-state index in [0.717, 1.165) is 6.07 Å². The maximum Gasteiger partial charge on any atom is 0.399 e. The summed E-state index contributed by atoms with van der Waals surface area (Å²) in [5.74, 6) is -3.79. The Labute approximate surface area is 182 Å². The van der Waals surface area contributed by atoms with Crippen molar-refractivity contribution in [2.75, 3.05) is 0 Å². The summed E-state index contributed by atoms with van der Waals surface area (Å²) in [6.45, 7) is 3.62. The van der Waals surface area contributed by atoms with Crippen molar-refractivity contribution in [3.63, 3.8) is 0 Å². The van der Waals surface area contributed by atoms with E-state index in [-0.39, 0.29) is 22.3 Å². The Kier molecular flexibility index (Phi) is 7.10. The molecule has 0 aliphatic heterocycles. The number of ketones is 1. The zero-order valence-corrected chi connectivity index (χ0v) is 18.8. The van der Waals surface area contributed by atoms with Gasteiger partial charge in [0.25, 0.3) is 0 Å². The van der Waals surface area contributed by atoms with Gasteiger partial charge in [0.2, 0.25) is 0 Å². The maximum atomic E-state index is 14.8. The normalized spacial score (nSPS) is 14.1. The van der Waals surface area contributed by atoms with Crippen molar-refractivity contribution in [3.8, 4) is 0 Å². The SMILES string of the molecule is CC(=O)c1ccc(/C(F)=C/C(c2ccc(Br)c(Br)c2)C(F)(F)F)cc1C(C)(C)F. The minimum Gasteiger partial charge on any atom is -0.294 e. The Morgan fingerprint density at radius 1 is 1.00 bits per heavy atom. The van der Waals surface area contributed by atoms with Crippen LogP contribution in [0.1, 0.15) is 53.7 Å². The number of Topliss-reactive ketones (excluding diaryl/α,β-unsaturated/α-hetero) is 1. The van der Waals surface area contributed by atoms with E-state index in [4.69, 9.17) is 0 Å². The average molecular weight is 540 g/mol. The molecule has 0 N–H and O–H groups in total. The fourth-order valence-corrected chi connectivity index (χ4v) is 3.46. The summed E-state index contributed by atoms with van der Waals surface area (Å²) in [5.41, 5.74) is -2.40. The van der Waals surface area contributed by atoms with E-state index in [1.54, 1.807) is 0 Å². The van der Waals surface area contributed by atoms with Crippen LogP contribution in [0.2, 0.25) is 0 Å². The molecule has 0 bridgehead atoms. The monoisotopic (exact) mass is 538 g/mol. The Morgan fingerprint density at radius 2 is 1.62 bits per heavy atom. The highest BCUT2D eigenvalue weighted by atomic mass is 79.9. The van der Waals surface area contributed by atoms with E-state index in [1.807, 2.05) is 0 Å². The molecule has 0 fully saturated rings. The van der Waals surface area contributed by atoms with Crippen LogP contribution in [0.25, 0.3) is 5.83 Å². The standard InChI is InChI=1S/C21H17Br2F5O/c1-11(29)14-6-4-13(8-16(14)20(2,3)25)19(24)10-15(21(26,27)28)12-5-7-17(22)18(23)9-12/h4-10,15H,1-3H3/b19-10-. The van der Waals surface area contributed by atoms with Crippen molar-refractivity contribution < 1.29 is 26.7 Å². The second kappa shape index (κ2) is 8.68. The van der Waals surface area contributed by atoms with Crippen LogP contribution in [0.3, 0.4) is 0 Å². The number of benzene rings is 2. The third kappa shape index (κ3) is 5.75. The fourth-order valence-electron chi connectivity index (χ4n) is 2.82. The van der Waals surface area contributed by atoms with Crippen LogP contribution in [0.5, 0.6) is 0 Å². The summed E-state index contributed by atoms with van der Waals surface area (Å²) in [4.78, 5) is 11.7. The van der Waals surface area contributed by atoms with Crippen molar-refractivity contribution in [1.29, 1.82) is 0 Å². The molecule has 0 saturated heterocycles. The Morgan fingerprint density at radius 3 is 2.10 bits per heavy atom. The van der Waals surface area contributed by atoms with Gasteiger partial charge in [0, 0.05) is 20.1 Å². The maximum absolute atomic E-state index is 14.8. The Hall–Kier alpha value is -1.54. The predicted molar refractivity (Wildman–Crippen MR) is 110 cm³/mol. The van der Waals surface area contributed by atoms with Gasteiger partial charge in [0.05, 0.1) is 0 Å². The molecule has 0 radical (unpaired) electrons. The Balaban J connectivity index is 2.58. The molecule has 0 aliphatic carbocycles. The summed E-state index contributed by atoms with van der Waals surface area (Å²) >= 11 is 6.32. The van der Waals surface area contributed by atoms with Crippen molar-refractivity contribution in [2.45, 2.75) is 38.5 Å². The summed E-state index contributed by atoms with van der Waals surface area (Å²) in [6, 6.07) is 7.39. The number of alkyl halides is 4. The van der Waals surface area contributed by atoms with Crippen molar-refractivity contribution >= 4 is 43.5 Å². The summed E-state index contributed by atoms with van der Waals surface area (Å²) < 4.78 is 71.1. The fraction of sp³-hybridized carbons (Fsp3) is 0.286. The van der Waals surface area contributed by atoms with Crippen LogP contribution >= 0.6 is 31.9 Å². The molecule has 2 rings (SSSR count). The third-order valence-corrected chi connectivity index (χ3v) is 6.16. The predicted octanol–water partition coefficient (Wildman–Crippen LogP) is 8.28. The van der Waals surface area contributed by atoms with Crippen LogP contribution in [0.4, 0.5) is 22.0 Å². The minimum atomic E-state index is -4.74. The van der Waals surface area contributed by atoms with E-state index in [0.29, 0.717) is 15.0 Å². The second-order valence-corrected chi connectivity index (χ2v) is 8.71. The molecule has 0 spiro atoms. The van der Waals surface area contributed by atoms with E-state index in [1.165, 1.54) is 51.1 Å². The molecule has 0 aliphatic rings. The molecule has 8 heteroatoms. The number of rotatable bonds is 5. The second-order valence-electron chi connectivity index (χ2n) is 7.00. The zero-order valence-electron chi connectivity index (χ0n) is 15.7. The number of allylic oxidation sites excluding steroid dienone is 1. The van der Waals surface area contributed by atoms with Crippen molar-refractivity contribution in [1.82, 2.24) is 0 Å². The van der Waals surface area contributed by atoms with Gasteiger partial charge in [-0.1, -0.05) is 18.2 Å². The zero-order chi connectivity index (χ0) is 22.1. The molecule has 2 aromatic carbocycles. The van der Waals surface area contributed by atoms with Gasteiger partial charge in [-0.2, -0.15) is 13.2 Å². The molecule has 1 nitrogen and oxygen atoms in total. The van der Waals surface area contributed by atoms with Gasteiger partial charge < -0.3 is 0 Å². The van der Waals surface area contributed by atoms with E-state index in [9.17, 15) is 26.7 Å². The van der Waals surface area contributed by atoms with Crippen molar-refractivity contribution in [3.05, 3.63) is 73.7 Å². The van der Waals surface area contributed by atoms with Gasteiger partial charge in [0.1, 0.15) is 17.4 Å². The quantitative estimate of drug-likeness (QED) is 0.276. The van der Waals surface area contributed by atoms with Gasteiger partial charge in [-0.15, -0.1) is 0 Å². The molecule has 29 heavy (non-hydrogen) atoms. The van der Waals surface area contributed by atoms with Crippen molar-refractivity contribution in [2.24, 2.45) is 0 Å². The molecule has 0 amide bonds. The number of carbonyl (C=O) groups is 1. The van der Waals surface area contributed by atoms with Crippen LogP contribution in [-0.4, -0.2) is 12.0 Å². The number of hydrogen-bond donors (Lipinski definition) is 0. The lowest BCUT2D eigenvalue weighted by Gasteiger charge is -2.20. The third-order valence-electron chi connectivity index (χ3n) is 4.28. The smallest absolute Gasteiger partial charge is 0.294 e. The van der Waals surface area contributed by atoms with Gasteiger partial charge in [-0.05, 0) is 88.0 Å². The van der Waals surface area contributed by atoms with Crippen LogP contribution in [0.15, 0.2) is 51.4 Å². The number of hydrogen-bond acceptors (Lipinski definition) is 1. The first-order valence-electron chi connectivity index (χ1n) is 8.45. The minimum absolute atomic E-state index is 0.0539. The lowest BCUT2D eigenvalue weighted by Crippen LogP contribution is -2.19. The van der Waals surface area contributed by atoms with E-state index >= 15 is 0 Å². The first-order valence-corrected chi connectivity index (χ1v) is 10.0. The summed E-state index contributed by atoms with van der Waals surface area (Å²) in [7, 11) is 0. The van der Waals surface area contributed by atoms with Gasteiger partial charge in [-0.25, -0.2) is 8.78 Å². The topological polar surface area (TPSA) is 17.1 Å². The molecule has 0 heterocycles. The Bertz CT molecular complexity index is 959. The molecule has 2 aromatic rings. The molecular weight excluding hydrogens is 523 g/mol. The largest absolute Gasteiger partial charge is 0.399 e. The number of halogens is 7. The van der Waals surface area contributed by atoms with Gasteiger partial charge in [-0.3, -0.25) is 4.79 Å². The molecule has 1 unspecified atom stereocenters. The number of carbonyl (C=O) groups excluding carboxylic acids is 1. The highest BCUT2D eigenvalue weighted by Crippen LogP contribution is 2.40. The lowest BCUT2D eigenvalue weighted by molar-refractivity contribution is -0.139. The van der Waals surface area contributed by atoms with E-state index < -0.39 is 29.4 Å². The molecule has 156 valence electrons. The molecular formula is C21H17Br2F5O. The summed E-state index contributed by atoms with van der Waals surface area (Å²) in [6.07, 6.45) is -4.29. The van der Waals surface area contributed by atoms with Crippen LogP contribution in [-0.2, 0) is 5.67 Å². The lowest BCUT2D eigenvalue weighted by atomic mass is 9.90. The van der Waals surface area contributed by atoms with Gasteiger partial charge in [0.15, 0.2) is 5.78 Å². The molecule has 1 atom stereocenters. The molecule has 0 aromatic heterocycles. The van der Waals surface area contributed by atoms with Crippen LogP contribution < -0.4 is 0 Å². The van der Waals surface area contributed by atoms with Gasteiger partial charge >= 0.3 is 6.18 Å². The van der Waals surface area contributed by atoms with E-state index in [2.05, 4.69) is 31.9 Å². The summed E-state index contributed by atoms with van der Waals surface area (Å²) in [5, 5.41) is 0. The molecule has 0 saturated carbocycles. The van der Waals surface area contributed by atoms with Crippen LogP contribution in [0, 0.1) is 0 Å². The highest BCUT2D eigenvalue weighted by Gasteiger charge is 2.40. The first-order chi connectivity index (χ1) is 13.2. The first kappa shape index (κ1) is 23.7.